The van der Waals surface area contributed by atoms with Gasteiger partial charge in [-0.3, -0.25) is 14.5 Å². The highest BCUT2D eigenvalue weighted by Gasteiger charge is 2.30. The van der Waals surface area contributed by atoms with Gasteiger partial charge in [-0.05, 0) is 43.1 Å². The van der Waals surface area contributed by atoms with Crippen LogP contribution in [0.1, 0.15) is 28.8 Å². The summed E-state index contributed by atoms with van der Waals surface area (Å²) in [5.41, 5.74) is 2.16. The van der Waals surface area contributed by atoms with Gasteiger partial charge in [0.1, 0.15) is 0 Å². The number of nitrogens with zero attached hydrogens (tertiary/aromatic N) is 2. The molecule has 1 atom stereocenters. The second-order valence-electron chi connectivity index (χ2n) is 7.00. The molecule has 1 aliphatic rings. The molecule has 1 unspecified atom stereocenters. The van der Waals surface area contributed by atoms with E-state index >= 15 is 0 Å². The zero-order chi connectivity index (χ0) is 19.4. The lowest BCUT2D eigenvalue weighted by Crippen LogP contribution is -2.39. The molecule has 1 saturated heterocycles. The van der Waals surface area contributed by atoms with E-state index in [2.05, 4.69) is 22.3 Å². The Balaban J connectivity index is 1.71. The first-order valence-electron chi connectivity index (χ1n) is 9.06. The molecule has 5 nitrogen and oxygen atoms in total. The summed E-state index contributed by atoms with van der Waals surface area (Å²) in [6, 6.07) is 15.0. The third-order valence-electron chi connectivity index (χ3n) is 4.77. The number of benzene rings is 2. The van der Waals surface area contributed by atoms with Crippen LogP contribution in [0.15, 0.2) is 48.5 Å². The monoisotopic (exact) mass is 385 g/mol. The normalized spacial score (nSPS) is 16.9. The van der Waals surface area contributed by atoms with Crippen LogP contribution >= 0.6 is 11.6 Å². The van der Waals surface area contributed by atoms with E-state index in [-0.39, 0.29) is 17.9 Å². The molecule has 1 N–H and O–H groups in total. The SMILES string of the molecule is CN(C)C(=O)c1cc(NC(=O)C2CCCN2Cc2ccccc2)ccc1Cl. The number of hydrogen-bond donors (Lipinski definition) is 1. The molecule has 0 aliphatic carbocycles. The molecular formula is C21H24ClN3O2. The number of anilines is 1. The van der Waals surface area contributed by atoms with Crippen molar-refractivity contribution < 1.29 is 9.59 Å². The molecule has 0 saturated carbocycles. The minimum absolute atomic E-state index is 0.0472. The van der Waals surface area contributed by atoms with Gasteiger partial charge in [0.2, 0.25) is 5.91 Å². The van der Waals surface area contributed by atoms with Crippen LogP contribution in [0.25, 0.3) is 0 Å². The lowest BCUT2D eigenvalue weighted by atomic mass is 10.1. The zero-order valence-electron chi connectivity index (χ0n) is 15.6. The van der Waals surface area contributed by atoms with Crippen LogP contribution < -0.4 is 5.32 Å². The lowest BCUT2D eigenvalue weighted by molar-refractivity contribution is -0.120. The van der Waals surface area contributed by atoms with Gasteiger partial charge in [-0.1, -0.05) is 41.9 Å². The predicted octanol–water partition coefficient (Wildman–Crippen LogP) is 3.64. The van der Waals surface area contributed by atoms with Gasteiger partial charge < -0.3 is 10.2 Å². The largest absolute Gasteiger partial charge is 0.345 e. The first kappa shape index (κ1) is 19.4. The average Bonchev–Trinajstić information content (AvgIpc) is 3.11. The van der Waals surface area contributed by atoms with Gasteiger partial charge >= 0.3 is 0 Å². The average molecular weight is 386 g/mol. The summed E-state index contributed by atoms with van der Waals surface area (Å²) in [5, 5.41) is 3.32. The van der Waals surface area contributed by atoms with Crippen molar-refractivity contribution in [2.75, 3.05) is 26.0 Å². The third-order valence-corrected chi connectivity index (χ3v) is 5.09. The van der Waals surface area contributed by atoms with E-state index in [0.29, 0.717) is 16.3 Å². The molecule has 1 heterocycles. The van der Waals surface area contributed by atoms with E-state index in [4.69, 9.17) is 11.6 Å². The molecule has 1 aliphatic heterocycles. The fraction of sp³-hybridized carbons (Fsp3) is 0.333. The van der Waals surface area contributed by atoms with Crippen molar-refractivity contribution >= 4 is 29.1 Å². The highest BCUT2D eigenvalue weighted by atomic mass is 35.5. The highest BCUT2D eigenvalue weighted by Crippen LogP contribution is 2.24. The van der Waals surface area contributed by atoms with Crippen molar-refractivity contribution in [1.29, 1.82) is 0 Å². The van der Waals surface area contributed by atoms with E-state index < -0.39 is 0 Å². The summed E-state index contributed by atoms with van der Waals surface area (Å²) < 4.78 is 0. The van der Waals surface area contributed by atoms with Gasteiger partial charge in [0.25, 0.3) is 5.91 Å². The van der Waals surface area contributed by atoms with E-state index in [1.165, 1.54) is 10.5 Å². The van der Waals surface area contributed by atoms with Gasteiger partial charge in [-0.25, -0.2) is 0 Å². The Bertz CT molecular complexity index is 823. The van der Waals surface area contributed by atoms with Gasteiger partial charge in [0, 0.05) is 26.3 Å². The molecule has 27 heavy (non-hydrogen) atoms. The third kappa shape index (κ3) is 4.67. The van der Waals surface area contributed by atoms with Crippen LogP contribution in [-0.4, -0.2) is 48.3 Å². The maximum absolute atomic E-state index is 12.8. The Hall–Kier alpha value is -2.37. The minimum Gasteiger partial charge on any atom is -0.345 e. The molecule has 0 radical (unpaired) electrons. The summed E-state index contributed by atoms with van der Waals surface area (Å²) in [6.07, 6.45) is 1.83. The number of amides is 2. The van der Waals surface area contributed by atoms with Crippen LogP contribution in [0.3, 0.4) is 0 Å². The van der Waals surface area contributed by atoms with Crippen molar-refractivity contribution in [3.8, 4) is 0 Å². The van der Waals surface area contributed by atoms with Crippen LogP contribution in [0.2, 0.25) is 5.02 Å². The van der Waals surface area contributed by atoms with Crippen LogP contribution in [0.5, 0.6) is 0 Å². The number of rotatable bonds is 5. The quantitative estimate of drug-likeness (QED) is 0.854. The minimum atomic E-state index is -0.192. The van der Waals surface area contributed by atoms with Crippen molar-refractivity contribution in [2.45, 2.75) is 25.4 Å². The lowest BCUT2D eigenvalue weighted by Gasteiger charge is -2.24. The van der Waals surface area contributed by atoms with E-state index in [1.807, 2.05) is 18.2 Å². The van der Waals surface area contributed by atoms with Crippen LogP contribution in [0, 0.1) is 0 Å². The maximum Gasteiger partial charge on any atom is 0.254 e. The van der Waals surface area contributed by atoms with Gasteiger partial charge in [0.05, 0.1) is 16.6 Å². The van der Waals surface area contributed by atoms with Crippen LogP contribution in [-0.2, 0) is 11.3 Å². The first-order valence-corrected chi connectivity index (χ1v) is 9.43. The fourth-order valence-corrected chi connectivity index (χ4v) is 3.56. The van der Waals surface area contributed by atoms with Crippen molar-refractivity contribution in [3.63, 3.8) is 0 Å². The standard InChI is InChI=1S/C21H24ClN3O2/c1-24(2)21(27)17-13-16(10-11-18(17)22)23-20(26)19-9-6-12-25(19)14-15-7-4-3-5-8-15/h3-5,7-8,10-11,13,19H,6,9,12,14H2,1-2H3,(H,23,26). The Kier molecular flexibility index (Phi) is 6.14. The number of carbonyl (C=O) groups excluding carboxylic acids is 2. The molecule has 2 aromatic carbocycles. The Morgan fingerprint density at radius 2 is 1.93 bits per heavy atom. The Morgan fingerprint density at radius 1 is 1.19 bits per heavy atom. The molecule has 0 spiro atoms. The second-order valence-corrected chi connectivity index (χ2v) is 7.40. The maximum atomic E-state index is 12.8. The molecule has 2 amide bonds. The summed E-state index contributed by atoms with van der Waals surface area (Å²) in [7, 11) is 3.34. The van der Waals surface area contributed by atoms with Crippen molar-refractivity contribution in [2.24, 2.45) is 0 Å². The highest BCUT2D eigenvalue weighted by molar-refractivity contribution is 6.34. The summed E-state index contributed by atoms with van der Waals surface area (Å²) in [5.74, 6) is -0.239. The molecule has 2 aromatic rings. The molecule has 0 bridgehead atoms. The number of nitrogens with one attached hydrogen (secondary N) is 1. The first-order chi connectivity index (χ1) is 13.0. The van der Waals surface area contributed by atoms with Gasteiger partial charge in [0.15, 0.2) is 0 Å². The molecule has 0 aromatic heterocycles. The number of likely N-dealkylation sites (tertiary alicyclic amines) is 1. The Morgan fingerprint density at radius 3 is 2.63 bits per heavy atom. The Labute approximate surface area is 164 Å². The zero-order valence-corrected chi connectivity index (χ0v) is 16.4. The molecule has 1 fully saturated rings. The number of hydrogen-bond acceptors (Lipinski definition) is 3. The van der Waals surface area contributed by atoms with E-state index in [1.54, 1.807) is 32.3 Å². The molecular weight excluding hydrogens is 362 g/mol. The predicted molar refractivity (Wildman–Crippen MR) is 108 cm³/mol. The summed E-state index contributed by atoms with van der Waals surface area (Å²) in [6.45, 7) is 1.65. The topological polar surface area (TPSA) is 52.7 Å². The van der Waals surface area contributed by atoms with Crippen molar-refractivity contribution in [1.82, 2.24) is 9.80 Å². The summed E-state index contributed by atoms with van der Waals surface area (Å²) >= 11 is 6.14. The molecule has 6 heteroatoms. The van der Waals surface area contributed by atoms with Crippen molar-refractivity contribution in [3.05, 3.63) is 64.7 Å². The second kappa shape index (κ2) is 8.55. The summed E-state index contributed by atoms with van der Waals surface area (Å²) in [4.78, 5) is 28.7. The van der Waals surface area contributed by atoms with E-state index in [9.17, 15) is 9.59 Å². The molecule has 142 valence electrons. The molecule has 3 rings (SSSR count). The fourth-order valence-electron chi connectivity index (χ4n) is 3.36. The number of carbonyl (C=O) groups is 2. The number of halogens is 1. The van der Waals surface area contributed by atoms with E-state index in [0.717, 1.165) is 25.9 Å². The smallest absolute Gasteiger partial charge is 0.254 e. The van der Waals surface area contributed by atoms with Gasteiger partial charge in [-0.2, -0.15) is 0 Å². The van der Waals surface area contributed by atoms with Crippen LogP contribution in [0.4, 0.5) is 5.69 Å². The van der Waals surface area contributed by atoms with Gasteiger partial charge in [-0.15, -0.1) is 0 Å².